The largest absolute Gasteiger partial charge is 0.395 e. The number of sulfone groups is 1. The Morgan fingerprint density at radius 3 is 2.62 bits per heavy atom. The van der Waals surface area contributed by atoms with E-state index in [0.29, 0.717) is 6.42 Å². The van der Waals surface area contributed by atoms with Crippen molar-refractivity contribution >= 4 is 9.84 Å². The fraction of sp³-hybridized carbons (Fsp3) is 0.875. The normalized spacial score (nSPS) is 32.5. The van der Waals surface area contributed by atoms with Gasteiger partial charge in [0.25, 0.3) is 0 Å². The lowest BCUT2D eigenvalue weighted by Gasteiger charge is -2.03. The van der Waals surface area contributed by atoms with Crippen molar-refractivity contribution in [3.05, 3.63) is 0 Å². The number of hydrogen-bond acceptors (Lipinski definition) is 4. The second kappa shape index (κ2) is 3.28. The van der Waals surface area contributed by atoms with E-state index in [4.69, 9.17) is 10.4 Å². The summed E-state index contributed by atoms with van der Waals surface area (Å²) >= 11 is 0. The first-order chi connectivity index (χ1) is 5.99. The molecule has 13 heavy (non-hydrogen) atoms. The minimum Gasteiger partial charge on any atom is -0.395 e. The van der Waals surface area contributed by atoms with Gasteiger partial charge in [0.1, 0.15) is 9.84 Å². The minimum absolute atomic E-state index is 0.0393. The van der Waals surface area contributed by atoms with Gasteiger partial charge in [0.2, 0.25) is 0 Å². The molecule has 0 unspecified atom stereocenters. The fourth-order valence-electron chi connectivity index (χ4n) is 1.39. The van der Waals surface area contributed by atoms with Crippen LogP contribution in [0.5, 0.6) is 0 Å². The van der Waals surface area contributed by atoms with Gasteiger partial charge in [0, 0.05) is 5.75 Å². The Morgan fingerprint density at radius 1 is 1.69 bits per heavy atom. The number of rotatable bonds is 4. The topological polar surface area (TPSA) is 78.2 Å². The van der Waals surface area contributed by atoms with Crippen LogP contribution in [0.4, 0.5) is 0 Å². The van der Waals surface area contributed by atoms with E-state index in [-0.39, 0.29) is 24.0 Å². The predicted octanol–water partition coefficient (Wildman–Crippen LogP) is -0.0567. The van der Waals surface area contributed by atoms with Crippen LogP contribution in [-0.2, 0) is 9.84 Å². The first kappa shape index (κ1) is 10.5. The number of nitrogens with zero attached hydrogens (tertiary/aromatic N) is 1. The highest BCUT2D eigenvalue weighted by atomic mass is 32.2. The van der Waals surface area contributed by atoms with Crippen LogP contribution in [0.25, 0.3) is 0 Å². The van der Waals surface area contributed by atoms with Crippen molar-refractivity contribution in [2.24, 2.45) is 11.3 Å². The van der Waals surface area contributed by atoms with Crippen LogP contribution in [-0.4, -0.2) is 31.6 Å². The van der Waals surface area contributed by atoms with Gasteiger partial charge in [-0.25, -0.2) is 8.42 Å². The standard InChI is InChI=1S/C8H13NO3S/c1-2-13(11,12)4-7-3-8(7,5-9)6-10/h7,10H,2-4,6H2,1H3/t7-,8+/m1/s1. The SMILES string of the molecule is CCS(=O)(=O)C[C@H]1C[C@]1(C#N)CO. The number of aliphatic hydroxyl groups excluding tert-OH is 1. The van der Waals surface area contributed by atoms with E-state index in [2.05, 4.69) is 0 Å². The highest BCUT2D eigenvalue weighted by Gasteiger charge is 2.55. The molecule has 0 heterocycles. The van der Waals surface area contributed by atoms with Gasteiger partial charge in [0.05, 0.1) is 23.8 Å². The molecule has 0 aromatic rings. The Hall–Kier alpha value is -0.600. The maximum Gasteiger partial charge on any atom is 0.150 e. The van der Waals surface area contributed by atoms with Crippen LogP contribution in [0, 0.1) is 22.7 Å². The van der Waals surface area contributed by atoms with Gasteiger partial charge in [-0.3, -0.25) is 0 Å². The van der Waals surface area contributed by atoms with E-state index in [1.807, 2.05) is 6.07 Å². The zero-order valence-electron chi connectivity index (χ0n) is 7.52. The third-order valence-electron chi connectivity index (χ3n) is 2.63. The van der Waals surface area contributed by atoms with E-state index in [0.717, 1.165) is 0 Å². The second-order valence-corrected chi connectivity index (χ2v) is 5.92. The fourth-order valence-corrected chi connectivity index (χ4v) is 2.68. The van der Waals surface area contributed by atoms with Crippen molar-refractivity contribution in [3.8, 4) is 6.07 Å². The molecular weight excluding hydrogens is 190 g/mol. The highest BCUT2D eigenvalue weighted by molar-refractivity contribution is 7.91. The molecule has 2 atom stereocenters. The summed E-state index contributed by atoms with van der Waals surface area (Å²) in [5.41, 5.74) is -0.762. The van der Waals surface area contributed by atoms with Gasteiger partial charge in [-0.15, -0.1) is 0 Å². The average Bonchev–Trinajstić information content (AvgIpc) is 2.79. The molecule has 0 amide bonds. The van der Waals surface area contributed by atoms with Crippen LogP contribution < -0.4 is 0 Å². The predicted molar refractivity (Wildman–Crippen MR) is 47.6 cm³/mol. The Kier molecular flexibility index (Phi) is 2.64. The molecule has 0 radical (unpaired) electrons. The molecule has 5 heteroatoms. The lowest BCUT2D eigenvalue weighted by atomic mass is 10.1. The van der Waals surface area contributed by atoms with Gasteiger partial charge in [-0.1, -0.05) is 6.92 Å². The summed E-state index contributed by atoms with van der Waals surface area (Å²) in [7, 11) is -3.01. The molecule has 1 rings (SSSR count). The van der Waals surface area contributed by atoms with E-state index < -0.39 is 15.3 Å². The Morgan fingerprint density at radius 2 is 2.31 bits per heavy atom. The summed E-state index contributed by atoms with van der Waals surface area (Å²) in [5, 5.41) is 17.6. The number of aliphatic hydroxyl groups is 1. The van der Waals surface area contributed by atoms with Crippen molar-refractivity contribution < 1.29 is 13.5 Å². The molecule has 0 saturated heterocycles. The molecule has 1 saturated carbocycles. The summed E-state index contributed by atoms with van der Waals surface area (Å²) in [4.78, 5) is 0. The highest BCUT2D eigenvalue weighted by Crippen LogP contribution is 2.52. The molecule has 0 aromatic carbocycles. The maximum atomic E-state index is 11.2. The summed E-state index contributed by atoms with van der Waals surface area (Å²) in [6.45, 7) is 1.36. The van der Waals surface area contributed by atoms with E-state index in [1.54, 1.807) is 6.92 Å². The molecule has 1 aliphatic rings. The summed E-state index contributed by atoms with van der Waals surface area (Å²) in [6, 6.07) is 1.98. The lowest BCUT2D eigenvalue weighted by Crippen LogP contribution is -2.16. The van der Waals surface area contributed by atoms with Crippen molar-refractivity contribution in [1.82, 2.24) is 0 Å². The van der Waals surface area contributed by atoms with Gasteiger partial charge < -0.3 is 5.11 Å². The van der Waals surface area contributed by atoms with Crippen LogP contribution in [0.2, 0.25) is 0 Å². The van der Waals surface area contributed by atoms with Crippen molar-refractivity contribution in [3.63, 3.8) is 0 Å². The molecule has 0 aliphatic heterocycles. The monoisotopic (exact) mass is 203 g/mol. The molecular formula is C8H13NO3S. The van der Waals surface area contributed by atoms with E-state index in [9.17, 15) is 8.42 Å². The molecule has 0 spiro atoms. The zero-order chi connectivity index (χ0) is 10.1. The van der Waals surface area contributed by atoms with Crippen molar-refractivity contribution in [2.45, 2.75) is 13.3 Å². The van der Waals surface area contributed by atoms with E-state index >= 15 is 0 Å². The number of hydrogen-bond donors (Lipinski definition) is 1. The first-order valence-electron chi connectivity index (χ1n) is 4.22. The summed E-state index contributed by atoms with van der Waals surface area (Å²) in [6.07, 6.45) is 0.513. The Labute approximate surface area is 78.1 Å². The quantitative estimate of drug-likeness (QED) is 0.694. The maximum absolute atomic E-state index is 11.2. The van der Waals surface area contributed by atoms with Gasteiger partial charge in [0.15, 0.2) is 0 Å². The Bertz CT molecular complexity index is 330. The van der Waals surface area contributed by atoms with Crippen molar-refractivity contribution in [1.29, 1.82) is 5.26 Å². The van der Waals surface area contributed by atoms with Gasteiger partial charge in [-0.2, -0.15) is 5.26 Å². The molecule has 1 N–H and O–H groups in total. The third-order valence-corrected chi connectivity index (χ3v) is 4.42. The summed E-state index contributed by atoms with van der Waals surface area (Å²) < 4.78 is 22.4. The lowest BCUT2D eigenvalue weighted by molar-refractivity contribution is 0.237. The molecule has 1 fully saturated rings. The van der Waals surface area contributed by atoms with Gasteiger partial charge >= 0.3 is 0 Å². The van der Waals surface area contributed by atoms with Crippen LogP contribution in [0.15, 0.2) is 0 Å². The van der Waals surface area contributed by atoms with Gasteiger partial charge in [-0.05, 0) is 12.3 Å². The second-order valence-electron chi connectivity index (χ2n) is 3.53. The molecule has 0 aromatic heterocycles. The minimum atomic E-state index is -3.01. The first-order valence-corrected chi connectivity index (χ1v) is 6.04. The van der Waals surface area contributed by atoms with E-state index in [1.165, 1.54) is 0 Å². The van der Waals surface area contributed by atoms with Crippen LogP contribution in [0.1, 0.15) is 13.3 Å². The molecule has 74 valence electrons. The van der Waals surface area contributed by atoms with Crippen LogP contribution >= 0.6 is 0 Å². The number of nitriles is 1. The van der Waals surface area contributed by atoms with Crippen LogP contribution in [0.3, 0.4) is 0 Å². The molecule has 1 aliphatic carbocycles. The molecule has 4 nitrogen and oxygen atoms in total. The summed E-state index contributed by atoms with van der Waals surface area (Å²) in [5.74, 6) is -0.0129. The molecule has 0 bridgehead atoms. The smallest absolute Gasteiger partial charge is 0.150 e. The Balaban J connectivity index is 2.59. The third kappa shape index (κ3) is 2.01. The average molecular weight is 203 g/mol. The zero-order valence-corrected chi connectivity index (χ0v) is 8.34. The van der Waals surface area contributed by atoms with Crippen molar-refractivity contribution in [2.75, 3.05) is 18.1 Å².